The van der Waals surface area contributed by atoms with E-state index in [2.05, 4.69) is 21.4 Å². The van der Waals surface area contributed by atoms with Gasteiger partial charge in [0.15, 0.2) is 0 Å². The number of carbonyl (C=O) groups excluding carboxylic acids is 1. The quantitative estimate of drug-likeness (QED) is 0.734. The molecule has 1 amide bonds. The number of nitrogens with one attached hydrogen (secondary N) is 2. The third-order valence-corrected chi connectivity index (χ3v) is 3.75. The van der Waals surface area contributed by atoms with Crippen molar-refractivity contribution < 1.29 is 4.79 Å². The van der Waals surface area contributed by atoms with Crippen LogP contribution in [-0.4, -0.2) is 22.4 Å². The zero-order valence-corrected chi connectivity index (χ0v) is 12.4. The van der Waals surface area contributed by atoms with E-state index in [4.69, 9.17) is 0 Å². The third-order valence-electron chi connectivity index (χ3n) is 3.75. The van der Waals surface area contributed by atoms with E-state index in [0.29, 0.717) is 13.0 Å². The lowest BCUT2D eigenvalue weighted by Crippen LogP contribution is -2.25. The summed E-state index contributed by atoms with van der Waals surface area (Å²) in [4.78, 5) is 19.2. The normalized spacial score (nSPS) is 10.7. The standard InChI is InChI=1S/C18H19N3O/c22-18(20-11-9-14-4-3-10-19-12-14)8-7-15-13-21-17-6-2-1-5-16(15)17/h1-6,10,12-13,21H,7-9,11H2,(H,20,22). The van der Waals surface area contributed by atoms with E-state index in [1.807, 2.05) is 42.7 Å². The molecule has 1 aromatic carbocycles. The average molecular weight is 293 g/mol. The number of para-hydroxylation sites is 1. The molecule has 0 aliphatic heterocycles. The predicted molar refractivity (Wildman–Crippen MR) is 87.6 cm³/mol. The molecule has 0 aliphatic carbocycles. The van der Waals surface area contributed by atoms with Crippen LogP contribution in [0.1, 0.15) is 17.5 Å². The highest BCUT2D eigenvalue weighted by atomic mass is 16.1. The van der Waals surface area contributed by atoms with Crippen LogP contribution in [0, 0.1) is 0 Å². The van der Waals surface area contributed by atoms with Crippen molar-refractivity contribution in [2.45, 2.75) is 19.3 Å². The number of pyridine rings is 1. The third kappa shape index (κ3) is 3.52. The Bertz CT molecular complexity index is 749. The highest BCUT2D eigenvalue weighted by Crippen LogP contribution is 2.18. The van der Waals surface area contributed by atoms with Gasteiger partial charge in [-0.25, -0.2) is 0 Å². The number of hydrogen-bond acceptors (Lipinski definition) is 2. The first-order valence-corrected chi connectivity index (χ1v) is 7.53. The minimum absolute atomic E-state index is 0.0918. The Kier molecular flexibility index (Phi) is 4.49. The van der Waals surface area contributed by atoms with Crippen molar-refractivity contribution in [3.63, 3.8) is 0 Å². The van der Waals surface area contributed by atoms with Crippen LogP contribution in [0.25, 0.3) is 10.9 Å². The Labute approximate surface area is 129 Å². The molecule has 4 heteroatoms. The van der Waals surface area contributed by atoms with E-state index in [-0.39, 0.29) is 5.91 Å². The highest BCUT2D eigenvalue weighted by molar-refractivity contribution is 5.84. The van der Waals surface area contributed by atoms with Gasteiger partial charge in [0.05, 0.1) is 0 Å². The van der Waals surface area contributed by atoms with E-state index >= 15 is 0 Å². The first-order valence-electron chi connectivity index (χ1n) is 7.53. The van der Waals surface area contributed by atoms with Crippen molar-refractivity contribution in [3.05, 3.63) is 66.1 Å². The zero-order chi connectivity index (χ0) is 15.2. The SMILES string of the molecule is O=C(CCc1c[nH]c2ccccc12)NCCc1cccnc1. The molecule has 0 radical (unpaired) electrons. The molecule has 0 bridgehead atoms. The molecule has 0 atom stereocenters. The van der Waals surface area contributed by atoms with E-state index in [1.54, 1.807) is 6.20 Å². The number of aromatic nitrogens is 2. The number of rotatable bonds is 6. The minimum Gasteiger partial charge on any atom is -0.361 e. The largest absolute Gasteiger partial charge is 0.361 e. The molecule has 3 aromatic rings. The summed E-state index contributed by atoms with van der Waals surface area (Å²) in [6.07, 6.45) is 7.65. The Hall–Kier alpha value is -2.62. The summed E-state index contributed by atoms with van der Waals surface area (Å²) in [5.41, 5.74) is 3.45. The smallest absolute Gasteiger partial charge is 0.220 e. The van der Waals surface area contributed by atoms with Crippen molar-refractivity contribution >= 4 is 16.8 Å². The van der Waals surface area contributed by atoms with E-state index < -0.39 is 0 Å². The number of aromatic amines is 1. The molecule has 2 heterocycles. The molecule has 4 nitrogen and oxygen atoms in total. The summed E-state index contributed by atoms with van der Waals surface area (Å²) in [6, 6.07) is 12.1. The topological polar surface area (TPSA) is 57.8 Å². The maximum absolute atomic E-state index is 11.9. The first kappa shape index (κ1) is 14.3. The number of nitrogens with zero attached hydrogens (tertiary/aromatic N) is 1. The Morgan fingerprint density at radius 3 is 2.91 bits per heavy atom. The molecule has 112 valence electrons. The Morgan fingerprint density at radius 2 is 2.05 bits per heavy atom. The Balaban J connectivity index is 1.46. The molecule has 0 fully saturated rings. The Morgan fingerprint density at radius 1 is 1.14 bits per heavy atom. The highest BCUT2D eigenvalue weighted by Gasteiger charge is 2.06. The van der Waals surface area contributed by atoms with Crippen LogP contribution in [-0.2, 0) is 17.6 Å². The van der Waals surface area contributed by atoms with Crippen molar-refractivity contribution in [1.82, 2.24) is 15.3 Å². The fourth-order valence-electron chi connectivity index (χ4n) is 2.57. The number of amides is 1. The van der Waals surface area contributed by atoms with Gasteiger partial charge in [-0.3, -0.25) is 9.78 Å². The molecule has 0 spiro atoms. The van der Waals surface area contributed by atoms with Gasteiger partial charge in [-0.05, 0) is 36.1 Å². The van der Waals surface area contributed by atoms with E-state index in [0.717, 1.165) is 23.9 Å². The van der Waals surface area contributed by atoms with Gasteiger partial charge < -0.3 is 10.3 Å². The predicted octanol–water partition coefficient (Wildman–Crippen LogP) is 2.85. The molecule has 0 aliphatic rings. The molecule has 0 saturated carbocycles. The molecule has 0 saturated heterocycles. The zero-order valence-electron chi connectivity index (χ0n) is 12.4. The molecule has 0 unspecified atom stereocenters. The van der Waals surface area contributed by atoms with Crippen molar-refractivity contribution in [2.75, 3.05) is 6.54 Å². The first-order chi connectivity index (χ1) is 10.8. The maximum atomic E-state index is 11.9. The lowest BCUT2D eigenvalue weighted by atomic mass is 10.1. The second kappa shape index (κ2) is 6.89. The summed E-state index contributed by atoms with van der Waals surface area (Å²) in [5, 5.41) is 4.16. The fourth-order valence-corrected chi connectivity index (χ4v) is 2.57. The monoisotopic (exact) mass is 293 g/mol. The average Bonchev–Trinajstić information content (AvgIpc) is 2.97. The van der Waals surface area contributed by atoms with Gasteiger partial charge in [0.1, 0.15) is 0 Å². The van der Waals surface area contributed by atoms with Gasteiger partial charge in [-0.1, -0.05) is 24.3 Å². The van der Waals surface area contributed by atoms with Crippen LogP contribution in [0.15, 0.2) is 55.0 Å². The van der Waals surface area contributed by atoms with Gasteiger partial charge in [0, 0.05) is 42.5 Å². The summed E-state index contributed by atoms with van der Waals surface area (Å²) in [6.45, 7) is 0.651. The second-order valence-corrected chi connectivity index (χ2v) is 5.32. The number of aryl methyl sites for hydroxylation is 1. The molecule has 2 aromatic heterocycles. The second-order valence-electron chi connectivity index (χ2n) is 5.32. The van der Waals surface area contributed by atoms with Crippen LogP contribution in [0.3, 0.4) is 0 Å². The van der Waals surface area contributed by atoms with Crippen LogP contribution in [0.5, 0.6) is 0 Å². The number of hydrogen-bond donors (Lipinski definition) is 2. The lowest BCUT2D eigenvalue weighted by Gasteiger charge is -2.05. The van der Waals surface area contributed by atoms with Gasteiger partial charge in [0.25, 0.3) is 0 Å². The molecular formula is C18H19N3O. The molecule has 2 N–H and O–H groups in total. The van der Waals surface area contributed by atoms with Crippen molar-refractivity contribution in [2.24, 2.45) is 0 Å². The van der Waals surface area contributed by atoms with Crippen LogP contribution in [0.4, 0.5) is 0 Å². The van der Waals surface area contributed by atoms with Gasteiger partial charge in [-0.2, -0.15) is 0 Å². The van der Waals surface area contributed by atoms with Crippen LogP contribution >= 0.6 is 0 Å². The maximum Gasteiger partial charge on any atom is 0.220 e. The van der Waals surface area contributed by atoms with E-state index in [9.17, 15) is 4.79 Å². The molecular weight excluding hydrogens is 274 g/mol. The van der Waals surface area contributed by atoms with Crippen LogP contribution in [0.2, 0.25) is 0 Å². The summed E-state index contributed by atoms with van der Waals surface area (Å²) in [7, 11) is 0. The molecule has 22 heavy (non-hydrogen) atoms. The number of carbonyl (C=O) groups is 1. The number of H-pyrrole nitrogens is 1. The fraction of sp³-hybridized carbons (Fsp3) is 0.222. The van der Waals surface area contributed by atoms with Gasteiger partial charge >= 0.3 is 0 Å². The number of benzene rings is 1. The van der Waals surface area contributed by atoms with Gasteiger partial charge in [0.2, 0.25) is 5.91 Å². The minimum atomic E-state index is 0.0918. The number of fused-ring (bicyclic) bond motifs is 1. The summed E-state index contributed by atoms with van der Waals surface area (Å²) >= 11 is 0. The van der Waals surface area contributed by atoms with Crippen molar-refractivity contribution in [3.8, 4) is 0 Å². The summed E-state index contributed by atoms with van der Waals surface area (Å²) in [5.74, 6) is 0.0918. The lowest BCUT2D eigenvalue weighted by molar-refractivity contribution is -0.121. The van der Waals surface area contributed by atoms with Gasteiger partial charge in [-0.15, -0.1) is 0 Å². The van der Waals surface area contributed by atoms with E-state index in [1.165, 1.54) is 10.9 Å². The van der Waals surface area contributed by atoms with Crippen LogP contribution < -0.4 is 5.32 Å². The van der Waals surface area contributed by atoms with Crippen molar-refractivity contribution in [1.29, 1.82) is 0 Å². The summed E-state index contributed by atoms with van der Waals surface area (Å²) < 4.78 is 0. The molecule has 3 rings (SSSR count).